The molecule has 0 spiro atoms. The number of imidazole rings is 1. The fraction of sp³-hybridized carbons (Fsp3) is 0.278. The number of rotatable bonds is 6. The molecule has 1 amide bonds. The van der Waals surface area contributed by atoms with E-state index in [1.807, 2.05) is 54.0 Å². The number of methoxy groups -OCH3 is 1. The first kappa shape index (κ1) is 16.1. The van der Waals surface area contributed by atoms with E-state index in [9.17, 15) is 4.79 Å². The summed E-state index contributed by atoms with van der Waals surface area (Å²) in [5.74, 6) is 0.646. The Morgan fingerprint density at radius 1 is 1.25 bits per heavy atom. The summed E-state index contributed by atoms with van der Waals surface area (Å²) in [7, 11) is 1.62. The van der Waals surface area contributed by atoms with Crippen LogP contribution in [0, 0.1) is 0 Å². The molecule has 3 aromatic rings. The Hall–Kier alpha value is -2.73. The van der Waals surface area contributed by atoms with Crippen LogP contribution in [0.15, 0.2) is 48.7 Å². The van der Waals surface area contributed by atoms with Gasteiger partial charge in [0.05, 0.1) is 22.8 Å². The molecule has 1 aromatic carbocycles. The quantitative estimate of drug-likeness (QED) is 0.756. The molecule has 2 heterocycles. The van der Waals surface area contributed by atoms with E-state index in [4.69, 9.17) is 4.74 Å². The first-order valence-electron chi connectivity index (χ1n) is 7.82. The summed E-state index contributed by atoms with van der Waals surface area (Å²) >= 11 is 0. The third kappa shape index (κ3) is 3.44. The van der Waals surface area contributed by atoms with Crippen LogP contribution in [-0.4, -0.2) is 27.6 Å². The van der Waals surface area contributed by atoms with E-state index in [1.165, 1.54) is 0 Å². The van der Waals surface area contributed by atoms with Crippen LogP contribution in [0.5, 0.6) is 0 Å². The highest BCUT2D eigenvalue weighted by molar-refractivity contribution is 5.81. The van der Waals surface area contributed by atoms with Crippen LogP contribution in [0.2, 0.25) is 0 Å². The Bertz CT molecular complexity index is 829. The molecule has 0 unspecified atom stereocenters. The normalized spacial score (nSPS) is 12.2. The van der Waals surface area contributed by atoms with Crippen LogP contribution in [0.3, 0.4) is 0 Å². The third-order valence-electron chi connectivity index (χ3n) is 3.82. The van der Waals surface area contributed by atoms with Crippen molar-refractivity contribution in [3.63, 3.8) is 0 Å². The highest BCUT2D eigenvalue weighted by Crippen LogP contribution is 2.17. The van der Waals surface area contributed by atoms with Crippen LogP contribution in [0.1, 0.15) is 24.5 Å². The number of amides is 1. The van der Waals surface area contributed by atoms with Crippen LogP contribution < -0.4 is 5.32 Å². The molecule has 2 aromatic heterocycles. The average Bonchev–Trinajstić information content (AvgIpc) is 2.93. The monoisotopic (exact) mass is 324 g/mol. The second-order valence-corrected chi connectivity index (χ2v) is 5.58. The Labute approximate surface area is 140 Å². The van der Waals surface area contributed by atoms with E-state index in [0.29, 0.717) is 6.61 Å². The molecule has 0 aliphatic rings. The summed E-state index contributed by atoms with van der Waals surface area (Å²) in [6.07, 6.45) is 1.72. The number of para-hydroxylation sites is 2. The fourth-order valence-corrected chi connectivity index (χ4v) is 2.68. The van der Waals surface area contributed by atoms with Gasteiger partial charge in [-0.15, -0.1) is 0 Å². The Morgan fingerprint density at radius 2 is 2.04 bits per heavy atom. The zero-order valence-electron chi connectivity index (χ0n) is 13.8. The van der Waals surface area contributed by atoms with Gasteiger partial charge in [0.25, 0.3) is 0 Å². The molecule has 24 heavy (non-hydrogen) atoms. The molecule has 0 saturated heterocycles. The van der Waals surface area contributed by atoms with Crippen molar-refractivity contribution in [2.45, 2.75) is 26.1 Å². The second-order valence-electron chi connectivity index (χ2n) is 5.58. The number of carbonyl (C=O) groups excluding carboxylic acids is 1. The minimum absolute atomic E-state index is 0.0892. The smallest absolute Gasteiger partial charge is 0.240 e. The number of hydrogen-bond acceptors (Lipinski definition) is 4. The molecule has 0 aliphatic carbocycles. The topological polar surface area (TPSA) is 69.0 Å². The van der Waals surface area contributed by atoms with E-state index in [-0.39, 0.29) is 18.5 Å². The summed E-state index contributed by atoms with van der Waals surface area (Å²) in [6.45, 7) is 2.47. The van der Waals surface area contributed by atoms with Gasteiger partial charge in [-0.1, -0.05) is 18.2 Å². The predicted molar refractivity (Wildman–Crippen MR) is 91.2 cm³/mol. The van der Waals surface area contributed by atoms with Gasteiger partial charge in [0.1, 0.15) is 19.0 Å². The maximum Gasteiger partial charge on any atom is 0.240 e. The third-order valence-corrected chi connectivity index (χ3v) is 3.82. The van der Waals surface area contributed by atoms with Crippen molar-refractivity contribution in [2.75, 3.05) is 7.11 Å². The molecule has 124 valence electrons. The lowest BCUT2D eigenvalue weighted by Gasteiger charge is -2.15. The number of nitrogens with one attached hydrogen (secondary N) is 1. The predicted octanol–water partition coefficient (Wildman–Crippen LogP) is 2.46. The highest BCUT2D eigenvalue weighted by Gasteiger charge is 2.15. The van der Waals surface area contributed by atoms with Gasteiger partial charge in [0.2, 0.25) is 5.91 Å². The minimum atomic E-state index is -0.153. The van der Waals surface area contributed by atoms with Crippen LogP contribution in [0.25, 0.3) is 11.0 Å². The summed E-state index contributed by atoms with van der Waals surface area (Å²) in [6, 6.07) is 13.3. The average molecular weight is 324 g/mol. The lowest BCUT2D eigenvalue weighted by Crippen LogP contribution is -2.31. The number of fused-ring (bicyclic) bond motifs is 1. The molecular formula is C18H20N4O2. The van der Waals surface area contributed by atoms with E-state index in [0.717, 1.165) is 22.6 Å². The van der Waals surface area contributed by atoms with Crippen LogP contribution in [0.4, 0.5) is 0 Å². The molecule has 0 aliphatic heterocycles. The highest BCUT2D eigenvalue weighted by atomic mass is 16.5. The number of hydrogen-bond donors (Lipinski definition) is 1. The van der Waals surface area contributed by atoms with Gasteiger partial charge >= 0.3 is 0 Å². The maximum absolute atomic E-state index is 12.5. The number of carbonyl (C=O) groups is 1. The number of nitrogens with zero attached hydrogens (tertiary/aromatic N) is 3. The minimum Gasteiger partial charge on any atom is -0.377 e. The molecule has 6 heteroatoms. The van der Waals surface area contributed by atoms with Crippen molar-refractivity contribution >= 4 is 16.9 Å². The van der Waals surface area contributed by atoms with Crippen molar-refractivity contribution in [1.29, 1.82) is 0 Å². The number of benzene rings is 1. The molecule has 0 fully saturated rings. The molecular weight excluding hydrogens is 304 g/mol. The van der Waals surface area contributed by atoms with Crippen LogP contribution in [-0.2, 0) is 22.7 Å². The van der Waals surface area contributed by atoms with Crippen molar-refractivity contribution in [3.8, 4) is 0 Å². The van der Waals surface area contributed by atoms with E-state index < -0.39 is 0 Å². The van der Waals surface area contributed by atoms with Gasteiger partial charge in [0.15, 0.2) is 0 Å². The Kier molecular flexibility index (Phi) is 4.86. The summed E-state index contributed by atoms with van der Waals surface area (Å²) in [4.78, 5) is 21.3. The summed E-state index contributed by atoms with van der Waals surface area (Å²) in [5, 5.41) is 2.98. The second kappa shape index (κ2) is 7.23. The first-order valence-corrected chi connectivity index (χ1v) is 7.82. The van der Waals surface area contributed by atoms with Crippen molar-refractivity contribution in [1.82, 2.24) is 19.9 Å². The van der Waals surface area contributed by atoms with E-state index in [2.05, 4.69) is 15.3 Å². The largest absolute Gasteiger partial charge is 0.377 e. The van der Waals surface area contributed by atoms with E-state index in [1.54, 1.807) is 13.3 Å². The van der Waals surface area contributed by atoms with Gasteiger partial charge in [-0.3, -0.25) is 9.78 Å². The van der Waals surface area contributed by atoms with Gasteiger partial charge in [-0.05, 0) is 31.2 Å². The van der Waals surface area contributed by atoms with E-state index >= 15 is 0 Å². The standard InChI is InChI=1S/C18H20N4O2/c1-13(14-7-5-6-10-19-14)20-18(23)11-22-16-9-4-3-8-15(16)21-17(22)12-24-2/h3-10,13H,11-12H2,1-2H3,(H,20,23)/t13-/m0/s1. The Morgan fingerprint density at radius 3 is 2.79 bits per heavy atom. The lowest BCUT2D eigenvalue weighted by molar-refractivity contribution is -0.122. The Balaban J connectivity index is 1.79. The molecule has 3 rings (SSSR count). The summed E-state index contributed by atoms with van der Waals surface area (Å²) < 4.78 is 7.09. The number of pyridine rings is 1. The molecule has 0 radical (unpaired) electrons. The molecule has 0 saturated carbocycles. The molecule has 0 bridgehead atoms. The summed E-state index contributed by atoms with van der Waals surface area (Å²) in [5.41, 5.74) is 2.61. The zero-order chi connectivity index (χ0) is 16.9. The van der Waals surface area contributed by atoms with Gasteiger partial charge < -0.3 is 14.6 Å². The first-order chi connectivity index (χ1) is 11.7. The SMILES string of the molecule is COCc1nc2ccccc2n1CC(=O)N[C@@H](C)c1ccccn1. The molecule has 6 nitrogen and oxygen atoms in total. The number of aromatic nitrogens is 3. The fourth-order valence-electron chi connectivity index (χ4n) is 2.68. The number of ether oxygens (including phenoxy) is 1. The van der Waals surface area contributed by atoms with Gasteiger partial charge in [0, 0.05) is 13.3 Å². The lowest BCUT2D eigenvalue weighted by atomic mass is 10.2. The van der Waals surface area contributed by atoms with Gasteiger partial charge in [-0.2, -0.15) is 0 Å². The maximum atomic E-state index is 12.5. The van der Waals surface area contributed by atoms with Crippen molar-refractivity contribution in [3.05, 3.63) is 60.2 Å². The zero-order valence-corrected chi connectivity index (χ0v) is 13.8. The van der Waals surface area contributed by atoms with Crippen molar-refractivity contribution in [2.24, 2.45) is 0 Å². The molecule has 1 N–H and O–H groups in total. The molecule has 1 atom stereocenters. The van der Waals surface area contributed by atoms with Crippen molar-refractivity contribution < 1.29 is 9.53 Å². The van der Waals surface area contributed by atoms with Gasteiger partial charge in [-0.25, -0.2) is 4.98 Å². The van der Waals surface area contributed by atoms with Crippen LogP contribution >= 0.6 is 0 Å².